The highest BCUT2D eigenvalue weighted by molar-refractivity contribution is 5.20. The van der Waals surface area contributed by atoms with Crippen molar-refractivity contribution in [1.29, 1.82) is 0 Å². The van der Waals surface area contributed by atoms with Gasteiger partial charge in [-0.25, -0.2) is 0 Å². The minimum absolute atomic E-state index is 0.813. The Labute approximate surface area is 117 Å². The van der Waals surface area contributed by atoms with E-state index in [4.69, 9.17) is 9.15 Å². The van der Waals surface area contributed by atoms with Crippen molar-refractivity contribution in [3.05, 3.63) is 23.2 Å². The molecule has 0 atom stereocenters. The lowest BCUT2D eigenvalue weighted by Gasteiger charge is -2.14. The van der Waals surface area contributed by atoms with Crippen LogP contribution in [0.5, 0.6) is 0 Å². The molecule has 0 saturated carbocycles. The van der Waals surface area contributed by atoms with E-state index in [0.29, 0.717) is 0 Å². The zero-order valence-electron chi connectivity index (χ0n) is 12.8. The Balaban J connectivity index is 2.39. The number of nitrogens with one attached hydrogen (secondary N) is 1. The van der Waals surface area contributed by atoms with Gasteiger partial charge in [-0.15, -0.1) is 0 Å². The number of aryl methyl sites for hydroxylation is 1. The largest absolute Gasteiger partial charge is 0.465 e. The highest BCUT2D eigenvalue weighted by atomic mass is 16.5. The monoisotopic (exact) mass is 268 g/mol. The molecule has 4 nitrogen and oxygen atoms in total. The molecule has 110 valence electrons. The molecule has 0 amide bonds. The van der Waals surface area contributed by atoms with Crippen LogP contribution in [-0.4, -0.2) is 38.8 Å². The van der Waals surface area contributed by atoms with Crippen molar-refractivity contribution in [2.24, 2.45) is 0 Å². The first-order valence-electron chi connectivity index (χ1n) is 7.13. The van der Waals surface area contributed by atoms with Gasteiger partial charge in [0.05, 0.1) is 6.54 Å². The molecule has 0 aliphatic heterocycles. The van der Waals surface area contributed by atoms with E-state index in [-0.39, 0.29) is 0 Å². The van der Waals surface area contributed by atoms with E-state index < -0.39 is 0 Å². The lowest BCUT2D eigenvalue weighted by molar-refractivity contribution is 0.175. The predicted octanol–water partition coefficient (Wildman–Crippen LogP) is 2.56. The van der Waals surface area contributed by atoms with Crippen LogP contribution in [-0.2, 0) is 17.8 Å². The van der Waals surface area contributed by atoms with E-state index in [1.807, 2.05) is 6.92 Å². The van der Waals surface area contributed by atoms with E-state index in [1.165, 1.54) is 5.56 Å². The number of hydrogen-bond donors (Lipinski definition) is 1. The number of nitrogens with zero attached hydrogens (tertiary/aromatic N) is 1. The number of furan rings is 1. The molecular weight excluding hydrogens is 240 g/mol. The molecule has 0 unspecified atom stereocenters. The first kappa shape index (κ1) is 16.2. The van der Waals surface area contributed by atoms with Crippen molar-refractivity contribution in [3.63, 3.8) is 0 Å². The minimum atomic E-state index is 0.813. The van der Waals surface area contributed by atoms with E-state index in [0.717, 1.165) is 57.1 Å². The van der Waals surface area contributed by atoms with Crippen molar-refractivity contribution in [2.75, 3.05) is 33.9 Å². The maximum absolute atomic E-state index is 5.81. The summed E-state index contributed by atoms with van der Waals surface area (Å²) in [5, 5.41) is 3.41. The number of rotatable bonds is 10. The van der Waals surface area contributed by atoms with E-state index >= 15 is 0 Å². The summed E-state index contributed by atoms with van der Waals surface area (Å²) in [6.45, 7) is 8.86. The Morgan fingerprint density at radius 2 is 2.21 bits per heavy atom. The average molecular weight is 268 g/mol. The molecule has 0 fully saturated rings. The smallest absolute Gasteiger partial charge is 0.118 e. The van der Waals surface area contributed by atoms with Gasteiger partial charge in [0.25, 0.3) is 0 Å². The maximum atomic E-state index is 5.81. The van der Waals surface area contributed by atoms with Crippen molar-refractivity contribution < 1.29 is 9.15 Å². The Hall–Kier alpha value is -0.840. The van der Waals surface area contributed by atoms with Gasteiger partial charge in [-0.3, -0.25) is 4.90 Å². The van der Waals surface area contributed by atoms with Crippen LogP contribution in [0.1, 0.15) is 36.8 Å². The van der Waals surface area contributed by atoms with E-state index in [2.05, 4.69) is 30.3 Å². The fourth-order valence-corrected chi connectivity index (χ4v) is 2.06. The first-order chi connectivity index (χ1) is 9.17. The van der Waals surface area contributed by atoms with Crippen molar-refractivity contribution in [2.45, 2.75) is 39.8 Å². The van der Waals surface area contributed by atoms with Gasteiger partial charge in [0.1, 0.15) is 11.5 Å². The molecule has 0 saturated heterocycles. The van der Waals surface area contributed by atoms with Crippen LogP contribution in [0.4, 0.5) is 0 Å². The van der Waals surface area contributed by atoms with Crippen LogP contribution in [0.2, 0.25) is 0 Å². The highest BCUT2D eigenvalue weighted by Gasteiger charge is 2.09. The van der Waals surface area contributed by atoms with Gasteiger partial charge in [0.2, 0.25) is 0 Å². The second kappa shape index (κ2) is 9.13. The third-order valence-corrected chi connectivity index (χ3v) is 3.13. The summed E-state index contributed by atoms with van der Waals surface area (Å²) in [6, 6.07) is 2.17. The SMILES string of the molecule is CCCNCc1cc(CN(C)CCCOC)oc1C. The quantitative estimate of drug-likeness (QED) is 0.662. The van der Waals surface area contributed by atoms with Gasteiger partial charge in [-0.2, -0.15) is 0 Å². The predicted molar refractivity (Wildman–Crippen MR) is 78.3 cm³/mol. The Bertz CT molecular complexity index is 350. The summed E-state index contributed by atoms with van der Waals surface area (Å²) in [6.07, 6.45) is 2.21. The van der Waals surface area contributed by atoms with Gasteiger partial charge >= 0.3 is 0 Å². The third kappa shape index (κ3) is 6.23. The van der Waals surface area contributed by atoms with Crippen LogP contribution in [0.3, 0.4) is 0 Å². The number of methoxy groups -OCH3 is 1. The molecule has 0 bridgehead atoms. The van der Waals surface area contributed by atoms with Crippen LogP contribution >= 0.6 is 0 Å². The first-order valence-corrected chi connectivity index (χ1v) is 7.13. The van der Waals surface area contributed by atoms with E-state index in [1.54, 1.807) is 7.11 Å². The standard InChI is InChI=1S/C15H28N2O2/c1-5-7-16-11-14-10-15(19-13(14)2)12-17(3)8-6-9-18-4/h10,16H,5-9,11-12H2,1-4H3. The lowest BCUT2D eigenvalue weighted by atomic mass is 10.2. The molecule has 1 aromatic heterocycles. The number of hydrogen-bond acceptors (Lipinski definition) is 4. The van der Waals surface area contributed by atoms with Crippen molar-refractivity contribution in [3.8, 4) is 0 Å². The summed E-state index contributed by atoms with van der Waals surface area (Å²) in [7, 11) is 3.86. The second-order valence-corrected chi connectivity index (χ2v) is 5.06. The molecule has 1 N–H and O–H groups in total. The van der Waals surface area contributed by atoms with Crippen LogP contribution in [0, 0.1) is 6.92 Å². The zero-order valence-corrected chi connectivity index (χ0v) is 12.8. The Morgan fingerprint density at radius 1 is 1.42 bits per heavy atom. The van der Waals surface area contributed by atoms with Gasteiger partial charge in [-0.1, -0.05) is 6.92 Å². The van der Waals surface area contributed by atoms with Gasteiger partial charge in [-0.05, 0) is 39.4 Å². The molecule has 0 spiro atoms. The topological polar surface area (TPSA) is 37.6 Å². The normalized spacial score (nSPS) is 11.4. The lowest BCUT2D eigenvalue weighted by Crippen LogP contribution is -2.19. The molecule has 4 heteroatoms. The summed E-state index contributed by atoms with van der Waals surface area (Å²) in [5.41, 5.74) is 1.27. The zero-order chi connectivity index (χ0) is 14.1. The van der Waals surface area contributed by atoms with Crippen molar-refractivity contribution in [1.82, 2.24) is 10.2 Å². The molecule has 0 aromatic carbocycles. The second-order valence-electron chi connectivity index (χ2n) is 5.06. The molecule has 1 rings (SSSR count). The molecule has 1 heterocycles. The van der Waals surface area contributed by atoms with Gasteiger partial charge < -0.3 is 14.5 Å². The Kier molecular flexibility index (Phi) is 7.79. The van der Waals surface area contributed by atoms with Crippen LogP contribution < -0.4 is 5.32 Å². The molecule has 0 radical (unpaired) electrons. The Morgan fingerprint density at radius 3 is 2.89 bits per heavy atom. The molecule has 0 aliphatic rings. The van der Waals surface area contributed by atoms with Crippen LogP contribution in [0.25, 0.3) is 0 Å². The molecule has 0 aliphatic carbocycles. The van der Waals surface area contributed by atoms with Crippen LogP contribution in [0.15, 0.2) is 10.5 Å². The third-order valence-electron chi connectivity index (χ3n) is 3.13. The molecule has 1 aromatic rings. The fourth-order valence-electron chi connectivity index (χ4n) is 2.06. The summed E-state index contributed by atoms with van der Waals surface area (Å²) in [5.74, 6) is 2.08. The minimum Gasteiger partial charge on any atom is -0.465 e. The summed E-state index contributed by atoms with van der Waals surface area (Å²) in [4.78, 5) is 2.26. The summed E-state index contributed by atoms with van der Waals surface area (Å²) < 4.78 is 10.9. The molecular formula is C15H28N2O2. The number of ether oxygens (including phenoxy) is 1. The van der Waals surface area contributed by atoms with E-state index in [9.17, 15) is 0 Å². The van der Waals surface area contributed by atoms with Crippen molar-refractivity contribution >= 4 is 0 Å². The van der Waals surface area contributed by atoms with Gasteiger partial charge in [0.15, 0.2) is 0 Å². The highest BCUT2D eigenvalue weighted by Crippen LogP contribution is 2.16. The van der Waals surface area contributed by atoms with Gasteiger partial charge in [0, 0.05) is 32.4 Å². The maximum Gasteiger partial charge on any atom is 0.118 e. The summed E-state index contributed by atoms with van der Waals surface area (Å²) >= 11 is 0. The fraction of sp³-hybridized carbons (Fsp3) is 0.733. The average Bonchev–Trinajstić information content (AvgIpc) is 2.70. The molecule has 19 heavy (non-hydrogen) atoms.